The average molecular weight is 428 g/mol. The van der Waals surface area contributed by atoms with Gasteiger partial charge < -0.3 is 16.0 Å². The number of nitrogens with zero attached hydrogens (tertiary/aromatic N) is 1. The lowest BCUT2D eigenvalue weighted by Crippen LogP contribution is -2.48. The number of amides is 1. The van der Waals surface area contributed by atoms with Gasteiger partial charge in [0.15, 0.2) is 5.96 Å². The quantitative estimate of drug-likeness (QED) is 0.356. The molecule has 3 N–H and O–H groups in total. The summed E-state index contributed by atoms with van der Waals surface area (Å²) in [6.07, 6.45) is 7.09. The highest BCUT2D eigenvalue weighted by Gasteiger charge is 2.21. The molecule has 1 fully saturated rings. The van der Waals surface area contributed by atoms with Crippen molar-refractivity contribution >= 4 is 47.6 Å². The molecular weight excluding hydrogens is 399 g/mol. The van der Waals surface area contributed by atoms with E-state index < -0.39 is 0 Å². The van der Waals surface area contributed by atoms with Gasteiger partial charge in [0.1, 0.15) is 0 Å². The number of nitrogens with one attached hydrogen (secondary N) is 3. The number of carbonyl (C=O) groups is 1. The van der Waals surface area contributed by atoms with Crippen LogP contribution in [0, 0.1) is 0 Å². The lowest BCUT2D eigenvalue weighted by Gasteiger charge is -2.29. The smallest absolute Gasteiger partial charge is 0.239 e. The molecular formula is C14H29IN4OS. The van der Waals surface area contributed by atoms with Gasteiger partial charge in [-0.15, -0.1) is 24.0 Å². The highest BCUT2D eigenvalue weighted by atomic mass is 127. The van der Waals surface area contributed by atoms with E-state index in [2.05, 4.69) is 27.2 Å². The summed E-state index contributed by atoms with van der Waals surface area (Å²) >= 11 is 1.94. The number of halogens is 1. The average Bonchev–Trinajstić information content (AvgIpc) is 2.42. The second kappa shape index (κ2) is 11.4. The largest absolute Gasteiger partial charge is 0.354 e. The van der Waals surface area contributed by atoms with Crippen molar-refractivity contribution in [3.8, 4) is 0 Å². The third-order valence-electron chi connectivity index (χ3n) is 3.39. The maximum absolute atomic E-state index is 11.6. The van der Waals surface area contributed by atoms with Crippen molar-refractivity contribution in [1.82, 2.24) is 16.0 Å². The SMILES string of the molecule is CN=C(NCC(=O)NC(C)C)NC1CCCC(SC)C1.I. The summed E-state index contributed by atoms with van der Waals surface area (Å²) in [5, 5.41) is 10.1. The number of hydrogen-bond donors (Lipinski definition) is 3. The van der Waals surface area contributed by atoms with E-state index in [1.54, 1.807) is 7.05 Å². The molecule has 1 amide bonds. The van der Waals surface area contributed by atoms with Gasteiger partial charge in [0.2, 0.25) is 5.91 Å². The molecule has 0 aromatic carbocycles. The number of carbonyl (C=O) groups excluding carboxylic acids is 1. The molecule has 0 radical (unpaired) electrons. The van der Waals surface area contributed by atoms with Gasteiger partial charge in [-0.25, -0.2) is 0 Å². The molecule has 2 unspecified atom stereocenters. The van der Waals surface area contributed by atoms with Gasteiger partial charge in [-0.2, -0.15) is 11.8 Å². The fourth-order valence-corrected chi connectivity index (χ4v) is 3.24. The van der Waals surface area contributed by atoms with E-state index in [4.69, 9.17) is 0 Å². The molecule has 1 aliphatic rings. The van der Waals surface area contributed by atoms with E-state index in [1.165, 1.54) is 25.7 Å². The molecule has 1 saturated carbocycles. The van der Waals surface area contributed by atoms with Gasteiger partial charge in [0, 0.05) is 24.4 Å². The number of aliphatic imine (C=N–C) groups is 1. The van der Waals surface area contributed by atoms with Crippen molar-refractivity contribution in [2.45, 2.75) is 56.9 Å². The summed E-state index contributed by atoms with van der Waals surface area (Å²) in [7, 11) is 1.74. The molecule has 0 aliphatic heterocycles. The third kappa shape index (κ3) is 8.75. The second-order valence-electron chi connectivity index (χ2n) is 5.51. The molecule has 0 heterocycles. The van der Waals surface area contributed by atoms with Crippen LogP contribution in [0.1, 0.15) is 39.5 Å². The first-order valence-electron chi connectivity index (χ1n) is 7.34. The Kier molecular flexibility index (Phi) is 11.3. The predicted octanol–water partition coefficient (Wildman–Crippen LogP) is 1.97. The van der Waals surface area contributed by atoms with Gasteiger partial charge in [0.25, 0.3) is 0 Å². The lowest BCUT2D eigenvalue weighted by atomic mass is 9.95. The molecule has 0 saturated heterocycles. The Hall–Kier alpha value is -0.180. The molecule has 0 aromatic rings. The number of hydrogen-bond acceptors (Lipinski definition) is 3. The van der Waals surface area contributed by atoms with E-state index in [0.717, 1.165) is 11.2 Å². The molecule has 2 atom stereocenters. The standard InChI is InChI=1S/C14H28N4OS.HI/c1-10(2)17-13(19)9-16-14(15-3)18-11-6-5-7-12(8-11)20-4;/h10-12H,5-9H2,1-4H3,(H,17,19)(H2,15,16,18);1H. The van der Waals surface area contributed by atoms with E-state index in [1.807, 2.05) is 25.6 Å². The highest BCUT2D eigenvalue weighted by molar-refractivity contribution is 14.0. The van der Waals surface area contributed by atoms with Crippen LogP contribution in [0.2, 0.25) is 0 Å². The van der Waals surface area contributed by atoms with Crippen molar-refractivity contribution in [3.63, 3.8) is 0 Å². The Morgan fingerprint density at radius 2 is 2.10 bits per heavy atom. The van der Waals surface area contributed by atoms with Crippen LogP contribution in [-0.2, 0) is 4.79 Å². The van der Waals surface area contributed by atoms with Crippen molar-refractivity contribution in [3.05, 3.63) is 0 Å². The van der Waals surface area contributed by atoms with E-state index in [0.29, 0.717) is 6.04 Å². The molecule has 0 spiro atoms. The third-order valence-corrected chi connectivity index (χ3v) is 4.48. The molecule has 21 heavy (non-hydrogen) atoms. The van der Waals surface area contributed by atoms with Crippen molar-refractivity contribution in [2.24, 2.45) is 4.99 Å². The van der Waals surface area contributed by atoms with Crippen molar-refractivity contribution < 1.29 is 4.79 Å². The van der Waals surface area contributed by atoms with Crippen LogP contribution in [0.15, 0.2) is 4.99 Å². The van der Waals surface area contributed by atoms with Crippen LogP contribution < -0.4 is 16.0 Å². The fraction of sp³-hybridized carbons (Fsp3) is 0.857. The van der Waals surface area contributed by atoms with Gasteiger partial charge in [-0.3, -0.25) is 9.79 Å². The van der Waals surface area contributed by atoms with Crippen molar-refractivity contribution in [2.75, 3.05) is 19.8 Å². The minimum absolute atomic E-state index is 0. The molecule has 1 rings (SSSR count). The second-order valence-corrected chi connectivity index (χ2v) is 6.65. The van der Waals surface area contributed by atoms with E-state index >= 15 is 0 Å². The van der Waals surface area contributed by atoms with Crippen molar-refractivity contribution in [1.29, 1.82) is 0 Å². The maximum atomic E-state index is 11.6. The topological polar surface area (TPSA) is 65.5 Å². The summed E-state index contributed by atoms with van der Waals surface area (Å²) in [6.45, 7) is 4.17. The van der Waals surface area contributed by atoms with E-state index in [9.17, 15) is 4.79 Å². The fourth-order valence-electron chi connectivity index (χ4n) is 2.42. The maximum Gasteiger partial charge on any atom is 0.239 e. The predicted molar refractivity (Wildman–Crippen MR) is 103 cm³/mol. The molecule has 5 nitrogen and oxygen atoms in total. The Balaban J connectivity index is 0.00000400. The molecule has 7 heteroatoms. The lowest BCUT2D eigenvalue weighted by molar-refractivity contribution is -0.120. The van der Waals surface area contributed by atoms with Crippen LogP contribution in [0.3, 0.4) is 0 Å². The number of rotatable bonds is 5. The summed E-state index contributed by atoms with van der Waals surface area (Å²) in [5.41, 5.74) is 0. The summed E-state index contributed by atoms with van der Waals surface area (Å²) in [5.74, 6) is 0.712. The zero-order valence-corrected chi connectivity index (χ0v) is 16.6. The Morgan fingerprint density at radius 3 is 2.67 bits per heavy atom. The van der Waals surface area contributed by atoms with Crippen LogP contribution in [0.25, 0.3) is 0 Å². The summed E-state index contributed by atoms with van der Waals surface area (Å²) < 4.78 is 0. The highest BCUT2D eigenvalue weighted by Crippen LogP contribution is 2.26. The number of guanidine groups is 1. The minimum atomic E-state index is -0.00594. The van der Waals surface area contributed by atoms with E-state index in [-0.39, 0.29) is 42.5 Å². The summed E-state index contributed by atoms with van der Waals surface area (Å²) in [6, 6.07) is 0.625. The first-order valence-corrected chi connectivity index (χ1v) is 8.63. The Bertz CT molecular complexity index is 339. The zero-order valence-electron chi connectivity index (χ0n) is 13.4. The van der Waals surface area contributed by atoms with Gasteiger partial charge in [0.05, 0.1) is 6.54 Å². The first-order chi connectivity index (χ1) is 9.55. The summed E-state index contributed by atoms with van der Waals surface area (Å²) in [4.78, 5) is 15.8. The monoisotopic (exact) mass is 428 g/mol. The normalized spacial score (nSPS) is 22.4. The Labute approximate surface area is 149 Å². The molecule has 0 bridgehead atoms. The van der Waals surface area contributed by atoms with Crippen LogP contribution in [0.4, 0.5) is 0 Å². The molecule has 124 valence electrons. The molecule has 0 aromatic heterocycles. The van der Waals surface area contributed by atoms with Crippen LogP contribution in [0.5, 0.6) is 0 Å². The first kappa shape index (κ1) is 20.8. The van der Waals surface area contributed by atoms with Gasteiger partial charge in [-0.05, 0) is 39.4 Å². The zero-order chi connectivity index (χ0) is 15.0. The Morgan fingerprint density at radius 1 is 1.38 bits per heavy atom. The number of thioether (sulfide) groups is 1. The molecule has 1 aliphatic carbocycles. The van der Waals surface area contributed by atoms with Crippen LogP contribution >= 0.6 is 35.7 Å². The van der Waals surface area contributed by atoms with Gasteiger partial charge >= 0.3 is 0 Å². The van der Waals surface area contributed by atoms with Crippen LogP contribution in [-0.4, -0.2) is 49.0 Å². The van der Waals surface area contributed by atoms with Gasteiger partial charge in [-0.1, -0.05) is 6.42 Å². The minimum Gasteiger partial charge on any atom is -0.354 e.